The second kappa shape index (κ2) is 7.76. The quantitative estimate of drug-likeness (QED) is 0.792. The van der Waals surface area contributed by atoms with Gasteiger partial charge in [0.05, 0.1) is 41.9 Å². The molecule has 2 N–H and O–H groups in total. The van der Waals surface area contributed by atoms with Gasteiger partial charge in [0, 0.05) is 12.2 Å². The zero-order valence-corrected chi connectivity index (χ0v) is 15.8. The highest BCUT2D eigenvalue weighted by atomic mass is 32.2. The van der Waals surface area contributed by atoms with Crippen LogP contribution in [0.4, 0.5) is 0 Å². The summed E-state index contributed by atoms with van der Waals surface area (Å²) in [4.78, 5) is 26.4. The van der Waals surface area contributed by atoms with Gasteiger partial charge in [-0.2, -0.15) is 5.26 Å². The third-order valence-corrected chi connectivity index (χ3v) is 5.48. The molecule has 0 bridgehead atoms. The molecule has 3 rings (SSSR count). The van der Waals surface area contributed by atoms with E-state index in [4.69, 9.17) is 15.2 Å². The fourth-order valence-electron chi connectivity index (χ4n) is 3.18. The second-order valence-electron chi connectivity index (χ2n) is 5.88. The molecule has 1 aromatic carbocycles. The minimum atomic E-state index is -0.704. The molecular weight excluding hydrogens is 366 g/mol. The summed E-state index contributed by atoms with van der Waals surface area (Å²) in [7, 11) is 1.56. The van der Waals surface area contributed by atoms with Crippen LogP contribution >= 0.6 is 11.8 Å². The molecule has 2 aliphatic heterocycles. The number of amides is 1. The number of hydrogen-bond acceptors (Lipinski definition) is 7. The molecule has 0 radical (unpaired) electrons. The summed E-state index contributed by atoms with van der Waals surface area (Å²) in [5.74, 6) is -0.327. The largest absolute Gasteiger partial charge is 0.497 e. The Morgan fingerprint density at radius 1 is 1.41 bits per heavy atom. The predicted molar refractivity (Wildman–Crippen MR) is 100 cm³/mol. The Labute approximate surface area is 161 Å². The third-order valence-electron chi connectivity index (χ3n) is 4.40. The maximum absolute atomic E-state index is 12.7. The van der Waals surface area contributed by atoms with Crippen molar-refractivity contribution in [2.75, 3.05) is 19.5 Å². The summed E-state index contributed by atoms with van der Waals surface area (Å²) in [5, 5.41) is 10.4. The average Bonchev–Trinajstić information content (AvgIpc) is 2.68. The van der Waals surface area contributed by atoms with Gasteiger partial charge >= 0.3 is 5.97 Å². The van der Waals surface area contributed by atoms with Crippen molar-refractivity contribution in [2.24, 2.45) is 5.73 Å². The van der Waals surface area contributed by atoms with Crippen molar-refractivity contribution in [1.29, 1.82) is 5.26 Å². The van der Waals surface area contributed by atoms with E-state index in [9.17, 15) is 14.9 Å². The SMILES string of the molecule is CCOC(=O)C1=C(N)N2C(=O)CCSC2=C(C#N)C1c1ccc(OC)cc1. The Hall–Kier alpha value is -2.92. The van der Waals surface area contributed by atoms with E-state index < -0.39 is 11.9 Å². The van der Waals surface area contributed by atoms with E-state index in [1.165, 1.54) is 16.7 Å². The lowest BCUT2D eigenvalue weighted by Gasteiger charge is -2.37. The van der Waals surface area contributed by atoms with E-state index in [1.807, 2.05) is 0 Å². The van der Waals surface area contributed by atoms with Gasteiger partial charge in [-0.1, -0.05) is 12.1 Å². The van der Waals surface area contributed by atoms with E-state index in [1.54, 1.807) is 38.3 Å². The van der Waals surface area contributed by atoms with Crippen LogP contribution in [0.15, 0.2) is 46.3 Å². The summed E-state index contributed by atoms with van der Waals surface area (Å²) in [5.41, 5.74) is 7.38. The highest BCUT2D eigenvalue weighted by molar-refractivity contribution is 8.03. The van der Waals surface area contributed by atoms with Gasteiger partial charge in [-0.05, 0) is 24.6 Å². The van der Waals surface area contributed by atoms with Crippen LogP contribution in [0.1, 0.15) is 24.8 Å². The van der Waals surface area contributed by atoms with Gasteiger partial charge in [0.15, 0.2) is 0 Å². The third kappa shape index (κ3) is 3.26. The number of fused-ring (bicyclic) bond motifs is 1. The monoisotopic (exact) mass is 385 g/mol. The molecule has 1 atom stereocenters. The van der Waals surface area contributed by atoms with Crippen LogP contribution in [0, 0.1) is 11.3 Å². The molecule has 1 aromatic rings. The molecule has 0 spiro atoms. The Balaban J connectivity index is 2.21. The summed E-state index contributed by atoms with van der Waals surface area (Å²) < 4.78 is 10.4. The number of rotatable bonds is 4. The van der Waals surface area contributed by atoms with Crippen LogP contribution in [-0.4, -0.2) is 36.2 Å². The molecule has 1 unspecified atom stereocenters. The standard InChI is InChI=1S/C19H19N3O4S/c1-3-26-19(24)16-15(11-4-6-12(25-2)7-5-11)13(10-20)18-22(17(16)21)14(23)8-9-27-18/h4-7,15H,3,8-9,21H2,1-2H3. The van der Waals surface area contributed by atoms with Crippen molar-refractivity contribution < 1.29 is 19.1 Å². The zero-order chi connectivity index (χ0) is 19.6. The zero-order valence-electron chi connectivity index (χ0n) is 15.0. The van der Waals surface area contributed by atoms with Gasteiger partial charge in [-0.15, -0.1) is 11.8 Å². The number of carbonyl (C=O) groups excluding carboxylic acids is 2. The first kappa shape index (κ1) is 18.9. The average molecular weight is 385 g/mol. The fraction of sp³-hybridized carbons (Fsp3) is 0.316. The Morgan fingerprint density at radius 3 is 2.70 bits per heavy atom. The highest BCUT2D eigenvalue weighted by Crippen LogP contribution is 2.46. The molecule has 0 saturated carbocycles. The Bertz CT molecular complexity index is 883. The Kier molecular flexibility index (Phi) is 5.42. The lowest BCUT2D eigenvalue weighted by Crippen LogP contribution is -2.42. The highest BCUT2D eigenvalue weighted by Gasteiger charge is 2.42. The second-order valence-corrected chi connectivity index (χ2v) is 6.97. The maximum atomic E-state index is 12.7. The van der Waals surface area contributed by atoms with Crippen LogP contribution in [0.2, 0.25) is 0 Å². The number of benzene rings is 1. The van der Waals surface area contributed by atoms with Gasteiger partial charge in [0.2, 0.25) is 5.91 Å². The summed E-state index contributed by atoms with van der Waals surface area (Å²) >= 11 is 1.39. The number of nitriles is 1. The number of allylic oxidation sites excluding steroid dienone is 1. The maximum Gasteiger partial charge on any atom is 0.338 e. The van der Waals surface area contributed by atoms with Gasteiger partial charge in [-0.25, -0.2) is 4.79 Å². The van der Waals surface area contributed by atoms with Crippen LogP contribution in [0.3, 0.4) is 0 Å². The first-order chi connectivity index (χ1) is 13.0. The summed E-state index contributed by atoms with van der Waals surface area (Å²) in [6.45, 7) is 1.85. The molecule has 0 aliphatic carbocycles. The lowest BCUT2D eigenvalue weighted by atomic mass is 9.83. The number of hydrogen-bond donors (Lipinski definition) is 1. The number of carbonyl (C=O) groups is 2. The number of thioether (sulfide) groups is 1. The number of esters is 1. The molecule has 1 saturated heterocycles. The molecule has 140 valence electrons. The molecule has 27 heavy (non-hydrogen) atoms. The number of nitrogens with two attached hydrogens (primary N) is 1. The molecule has 2 aliphatic rings. The van der Waals surface area contributed by atoms with Gasteiger partial charge in [0.25, 0.3) is 0 Å². The van der Waals surface area contributed by atoms with Crippen LogP contribution in [0.25, 0.3) is 0 Å². The fourth-order valence-corrected chi connectivity index (χ4v) is 4.29. The van der Waals surface area contributed by atoms with Crippen molar-refractivity contribution >= 4 is 23.6 Å². The number of ether oxygens (including phenoxy) is 2. The van der Waals surface area contributed by atoms with Crippen LogP contribution < -0.4 is 10.5 Å². The molecule has 2 heterocycles. The van der Waals surface area contributed by atoms with Gasteiger partial charge in [-0.3, -0.25) is 9.69 Å². The smallest absolute Gasteiger partial charge is 0.338 e. The molecule has 7 nitrogen and oxygen atoms in total. The van der Waals surface area contributed by atoms with Gasteiger partial charge < -0.3 is 15.2 Å². The molecular formula is C19H19N3O4S. The Morgan fingerprint density at radius 2 is 2.11 bits per heavy atom. The first-order valence-corrected chi connectivity index (χ1v) is 9.42. The van der Waals surface area contributed by atoms with Crippen LogP contribution in [0.5, 0.6) is 5.75 Å². The van der Waals surface area contributed by atoms with E-state index in [-0.39, 0.29) is 30.3 Å². The number of nitrogens with zero attached hydrogens (tertiary/aromatic N) is 2. The first-order valence-electron chi connectivity index (χ1n) is 8.44. The molecule has 1 fully saturated rings. The minimum Gasteiger partial charge on any atom is -0.497 e. The minimum absolute atomic E-state index is 0.0282. The normalized spacial score (nSPS) is 19.5. The van der Waals surface area contributed by atoms with Gasteiger partial charge in [0.1, 0.15) is 11.6 Å². The topological polar surface area (TPSA) is 106 Å². The predicted octanol–water partition coefficient (Wildman–Crippen LogP) is 2.23. The van der Waals surface area contributed by atoms with Crippen LogP contribution in [-0.2, 0) is 14.3 Å². The van der Waals surface area contributed by atoms with E-state index in [2.05, 4.69) is 6.07 Å². The van der Waals surface area contributed by atoms with Crippen molar-refractivity contribution in [2.45, 2.75) is 19.3 Å². The van der Waals surface area contributed by atoms with E-state index in [0.717, 1.165) is 0 Å². The molecule has 8 heteroatoms. The molecule has 0 aromatic heterocycles. The van der Waals surface area contributed by atoms with Crippen molar-refractivity contribution in [3.05, 3.63) is 51.8 Å². The van der Waals surface area contributed by atoms with E-state index >= 15 is 0 Å². The summed E-state index contributed by atoms with van der Waals surface area (Å²) in [6.07, 6.45) is 0.289. The van der Waals surface area contributed by atoms with Crippen molar-refractivity contribution in [3.63, 3.8) is 0 Å². The summed E-state index contributed by atoms with van der Waals surface area (Å²) in [6, 6.07) is 9.24. The lowest BCUT2D eigenvalue weighted by molar-refractivity contribution is -0.139. The number of methoxy groups -OCH3 is 1. The van der Waals surface area contributed by atoms with Crippen molar-refractivity contribution in [1.82, 2.24) is 4.90 Å². The van der Waals surface area contributed by atoms with E-state index in [0.29, 0.717) is 27.7 Å². The van der Waals surface area contributed by atoms with Crippen molar-refractivity contribution in [3.8, 4) is 11.8 Å². The molecule has 1 amide bonds.